The number of nitrogens with zero attached hydrogens (tertiary/aromatic N) is 1. The molecule has 0 amide bonds. The van der Waals surface area contributed by atoms with Crippen molar-refractivity contribution in [3.8, 4) is 17.0 Å². The minimum absolute atomic E-state index is 0.502. The molecule has 0 unspecified atom stereocenters. The predicted octanol–water partition coefficient (Wildman–Crippen LogP) is 2.69. The Labute approximate surface area is 93.0 Å². The van der Waals surface area contributed by atoms with Crippen LogP contribution in [0.1, 0.15) is 0 Å². The highest BCUT2D eigenvalue weighted by molar-refractivity contribution is 6.18. The lowest BCUT2D eigenvalue weighted by Gasteiger charge is -2.04. The van der Waals surface area contributed by atoms with Crippen molar-refractivity contribution in [1.82, 2.24) is 10.2 Å². The predicted molar refractivity (Wildman–Crippen MR) is 60.2 cm³/mol. The van der Waals surface area contributed by atoms with Crippen molar-refractivity contribution in [2.45, 2.75) is 0 Å². The summed E-state index contributed by atoms with van der Waals surface area (Å²) >= 11 is 5.53. The maximum Gasteiger partial charge on any atom is 0.119 e. The summed E-state index contributed by atoms with van der Waals surface area (Å²) in [5, 5.41) is 6.80. The van der Waals surface area contributed by atoms with E-state index in [0.717, 1.165) is 17.0 Å². The Morgan fingerprint density at radius 1 is 1.20 bits per heavy atom. The molecule has 0 saturated carbocycles. The van der Waals surface area contributed by atoms with Crippen LogP contribution in [0.2, 0.25) is 0 Å². The van der Waals surface area contributed by atoms with Crippen molar-refractivity contribution in [1.29, 1.82) is 0 Å². The fourth-order valence-electron chi connectivity index (χ4n) is 1.30. The number of ether oxygens (including phenoxy) is 1. The van der Waals surface area contributed by atoms with E-state index in [-0.39, 0.29) is 0 Å². The average molecular weight is 223 g/mol. The van der Waals surface area contributed by atoms with Crippen molar-refractivity contribution in [2.24, 2.45) is 0 Å². The molecule has 4 heteroatoms. The smallest absolute Gasteiger partial charge is 0.119 e. The van der Waals surface area contributed by atoms with Gasteiger partial charge < -0.3 is 4.74 Å². The molecule has 15 heavy (non-hydrogen) atoms. The molecule has 0 spiro atoms. The van der Waals surface area contributed by atoms with Gasteiger partial charge in [-0.3, -0.25) is 5.10 Å². The second kappa shape index (κ2) is 4.84. The Morgan fingerprint density at radius 3 is 2.60 bits per heavy atom. The molecule has 1 aromatic heterocycles. The van der Waals surface area contributed by atoms with Crippen LogP contribution in [0.4, 0.5) is 0 Å². The van der Waals surface area contributed by atoms with Gasteiger partial charge in [-0.25, -0.2) is 0 Å². The summed E-state index contributed by atoms with van der Waals surface area (Å²) in [5.74, 6) is 1.33. The number of hydrogen-bond acceptors (Lipinski definition) is 2. The fraction of sp³-hybridized carbons (Fsp3) is 0.182. The summed E-state index contributed by atoms with van der Waals surface area (Å²) in [5.41, 5.74) is 2.09. The van der Waals surface area contributed by atoms with Crippen molar-refractivity contribution in [3.63, 3.8) is 0 Å². The third kappa shape index (κ3) is 2.50. The zero-order valence-corrected chi connectivity index (χ0v) is 8.87. The number of H-pyrrole nitrogens is 1. The molecule has 1 aromatic carbocycles. The molecule has 1 heterocycles. The molecule has 0 atom stereocenters. The maximum atomic E-state index is 5.53. The molecule has 2 rings (SSSR count). The normalized spacial score (nSPS) is 10.2. The van der Waals surface area contributed by atoms with Gasteiger partial charge >= 0.3 is 0 Å². The minimum atomic E-state index is 0.502. The molecule has 1 N–H and O–H groups in total. The number of hydrogen-bond donors (Lipinski definition) is 1. The van der Waals surface area contributed by atoms with Gasteiger partial charge in [0, 0.05) is 6.20 Å². The molecule has 78 valence electrons. The van der Waals surface area contributed by atoms with Gasteiger partial charge in [0.25, 0.3) is 0 Å². The number of halogens is 1. The molecule has 0 aliphatic rings. The van der Waals surface area contributed by atoms with Gasteiger partial charge in [0.05, 0.1) is 11.6 Å². The fourth-order valence-corrected chi connectivity index (χ4v) is 1.38. The molecule has 0 aliphatic heterocycles. The van der Waals surface area contributed by atoms with Gasteiger partial charge in [-0.15, -0.1) is 11.6 Å². The monoisotopic (exact) mass is 222 g/mol. The number of aromatic nitrogens is 2. The van der Waals surface area contributed by atoms with E-state index in [0.29, 0.717) is 12.5 Å². The van der Waals surface area contributed by atoms with Crippen LogP contribution in [0.3, 0.4) is 0 Å². The summed E-state index contributed by atoms with van der Waals surface area (Å²) < 4.78 is 5.37. The summed E-state index contributed by atoms with van der Waals surface area (Å²) in [7, 11) is 0. The molecule has 0 bridgehead atoms. The van der Waals surface area contributed by atoms with Crippen LogP contribution >= 0.6 is 11.6 Å². The van der Waals surface area contributed by atoms with Crippen LogP contribution in [0.15, 0.2) is 36.5 Å². The molecular formula is C11H11ClN2O. The summed E-state index contributed by atoms with van der Waals surface area (Å²) in [6, 6.07) is 9.73. The molecule has 2 aromatic rings. The minimum Gasteiger partial charge on any atom is -0.492 e. The molecule has 0 radical (unpaired) electrons. The Balaban J connectivity index is 2.11. The number of alkyl halides is 1. The average Bonchev–Trinajstić information content (AvgIpc) is 2.80. The van der Waals surface area contributed by atoms with Gasteiger partial charge in [0.1, 0.15) is 12.4 Å². The van der Waals surface area contributed by atoms with Gasteiger partial charge in [-0.05, 0) is 35.9 Å². The van der Waals surface area contributed by atoms with E-state index >= 15 is 0 Å². The van der Waals surface area contributed by atoms with Crippen molar-refractivity contribution < 1.29 is 4.74 Å². The zero-order valence-electron chi connectivity index (χ0n) is 8.11. The summed E-state index contributed by atoms with van der Waals surface area (Å²) in [6.07, 6.45) is 1.73. The lowest BCUT2D eigenvalue weighted by molar-refractivity contribution is 0.343. The first-order valence-electron chi connectivity index (χ1n) is 4.69. The molecular weight excluding hydrogens is 212 g/mol. The SMILES string of the molecule is ClCCOc1ccc(-c2ccn[nH]2)cc1. The van der Waals surface area contributed by atoms with Crippen molar-refractivity contribution in [3.05, 3.63) is 36.5 Å². The highest BCUT2D eigenvalue weighted by Gasteiger charge is 1.98. The van der Waals surface area contributed by atoms with Crippen LogP contribution < -0.4 is 4.74 Å². The Kier molecular flexibility index (Phi) is 3.25. The van der Waals surface area contributed by atoms with E-state index in [4.69, 9.17) is 16.3 Å². The van der Waals surface area contributed by atoms with E-state index in [1.807, 2.05) is 30.3 Å². The summed E-state index contributed by atoms with van der Waals surface area (Å²) in [4.78, 5) is 0. The third-order valence-corrected chi connectivity index (χ3v) is 2.17. The summed E-state index contributed by atoms with van der Waals surface area (Å²) in [6.45, 7) is 0.533. The van der Waals surface area contributed by atoms with E-state index in [2.05, 4.69) is 10.2 Å². The van der Waals surface area contributed by atoms with Crippen molar-refractivity contribution >= 4 is 11.6 Å². The number of nitrogens with one attached hydrogen (secondary N) is 1. The number of aromatic amines is 1. The van der Waals surface area contributed by atoms with Crippen LogP contribution in [0.25, 0.3) is 11.3 Å². The first-order chi connectivity index (χ1) is 7.40. The molecule has 0 aliphatic carbocycles. The first kappa shape index (κ1) is 10.1. The van der Waals surface area contributed by atoms with Crippen LogP contribution in [0, 0.1) is 0 Å². The maximum absolute atomic E-state index is 5.53. The Morgan fingerprint density at radius 2 is 2.00 bits per heavy atom. The first-order valence-corrected chi connectivity index (χ1v) is 5.22. The standard InChI is InChI=1S/C11H11ClN2O/c12-6-8-15-10-3-1-9(2-4-10)11-5-7-13-14-11/h1-5,7H,6,8H2,(H,13,14). The quantitative estimate of drug-likeness (QED) is 0.808. The highest BCUT2D eigenvalue weighted by Crippen LogP contribution is 2.19. The molecule has 3 nitrogen and oxygen atoms in total. The van der Waals surface area contributed by atoms with Crippen molar-refractivity contribution in [2.75, 3.05) is 12.5 Å². The Bertz CT molecular complexity index is 397. The topological polar surface area (TPSA) is 37.9 Å². The second-order valence-corrected chi connectivity index (χ2v) is 3.41. The molecule has 0 fully saturated rings. The molecule has 0 saturated heterocycles. The number of benzene rings is 1. The second-order valence-electron chi connectivity index (χ2n) is 3.03. The van der Waals surface area contributed by atoms with Gasteiger partial charge in [0.15, 0.2) is 0 Å². The lowest BCUT2D eigenvalue weighted by atomic mass is 10.1. The van der Waals surface area contributed by atoms with Crippen LogP contribution in [0.5, 0.6) is 5.75 Å². The lowest BCUT2D eigenvalue weighted by Crippen LogP contribution is -1.97. The van der Waals surface area contributed by atoms with Crippen LogP contribution in [-0.2, 0) is 0 Å². The van der Waals surface area contributed by atoms with E-state index in [1.165, 1.54) is 0 Å². The Hall–Kier alpha value is -1.48. The van der Waals surface area contributed by atoms with Gasteiger partial charge in [-0.1, -0.05) is 0 Å². The third-order valence-electron chi connectivity index (χ3n) is 2.01. The highest BCUT2D eigenvalue weighted by atomic mass is 35.5. The van der Waals surface area contributed by atoms with Gasteiger partial charge in [0.2, 0.25) is 0 Å². The largest absolute Gasteiger partial charge is 0.492 e. The zero-order chi connectivity index (χ0) is 10.5. The van der Waals surface area contributed by atoms with E-state index < -0.39 is 0 Å². The van der Waals surface area contributed by atoms with E-state index in [9.17, 15) is 0 Å². The number of rotatable bonds is 4. The van der Waals surface area contributed by atoms with Crippen LogP contribution in [-0.4, -0.2) is 22.7 Å². The van der Waals surface area contributed by atoms with E-state index in [1.54, 1.807) is 6.20 Å². The van der Waals surface area contributed by atoms with Gasteiger partial charge in [-0.2, -0.15) is 5.10 Å².